The van der Waals surface area contributed by atoms with Gasteiger partial charge in [0.15, 0.2) is 0 Å². The van der Waals surface area contributed by atoms with E-state index in [2.05, 4.69) is 4.72 Å². The van der Waals surface area contributed by atoms with E-state index in [0.717, 1.165) is 0 Å². The minimum atomic E-state index is -3.75. The number of aromatic hydroxyl groups is 1. The second-order valence-electron chi connectivity index (χ2n) is 4.70. The summed E-state index contributed by atoms with van der Waals surface area (Å²) in [7, 11) is -3.75. The zero-order valence-electron chi connectivity index (χ0n) is 11.6. The van der Waals surface area contributed by atoms with Crippen LogP contribution in [0.4, 0.5) is 5.69 Å². The molecule has 6 heteroatoms. The quantitative estimate of drug-likeness (QED) is 0.853. The van der Waals surface area contributed by atoms with Crippen LogP contribution in [-0.4, -0.2) is 13.5 Å². The lowest BCUT2D eigenvalue weighted by Crippen LogP contribution is -2.15. The van der Waals surface area contributed by atoms with Gasteiger partial charge in [0.2, 0.25) is 0 Å². The van der Waals surface area contributed by atoms with E-state index in [1.165, 1.54) is 36.4 Å². The Balaban J connectivity index is 2.41. The van der Waals surface area contributed by atoms with Gasteiger partial charge in [0.1, 0.15) is 5.75 Å². The van der Waals surface area contributed by atoms with Crippen LogP contribution in [0.5, 0.6) is 5.75 Å². The fraction of sp³-hybridized carbons (Fsp3) is 0.133. The number of anilines is 1. The van der Waals surface area contributed by atoms with Crippen LogP contribution in [0.2, 0.25) is 0 Å². The molecule has 0 atom stereocenters. The highest BCUT2D eigenvalue weighted by Crippen LogP contribution is 2.24. The maximum atomic E-state index is 12.4. The maximum absolute atomic E-state index is 12.4. The molecule has 21 heavy (non-hydrogen) atoms. The molecule has 0 aliphatic heterocycles. The third kappa shape index (κ3) is 3.15. The average Bonchev–Trinajstić information content (AvgIpc) is 2.41. The van der Waals surface area contributed by atoms with Gasteiger partial charge in [-0.3, -0.25) is 4.72 Å². The lowest BCUT2D eigenvalue weighted by Gasteiger charge is -2.12. The van der Waals surface area contributed by atoms with E-state index in [1.54, 1.807) is 13.8 Å². The van der Waals surface area contributed by atoms with Gasteiger partial charge in [0.05, 0.1) is 22.2 Å². The van der Waals surface area contributed by atoms with Crippen molar-refractivity contribution in [3.05, 3.63) is 53.1 Å². The van der Waals surface area contributed by atoms with E-state index < -0.39 is 10.0 Å². The number of aryl methyl sites for hydroxylation is 2. The Bertz CT molecular complexity index is 836. The molecule has 2 aromatic carbocycles. The Morgan fingerprint density at radius 1 is 1.10 bits per heavy atom. The van der Waals surface area contributed by atoms with Crippen LogP contribution in [-0.2, 0) is 10.0 Å². The molecule has 0 bridgehead atoms. The Labute approximate surface area is 123 Å². The van der Waals surface area contributed by atoms with E-state index >= 15 is 0 Å². The molecule has 0 aliphatic rings. The number of nitriles is 1. The summed E-state index contributed by atoms with van der Waals surface area (Å²) in [5.41, 5.74) is 1.92. The summed E-state index contributed by atoms with van der Waals surface area (Å²) in [5.74, 6) is 0.0741. The molecule has 0 aromatic heterocycles. The predicted molar refractivity (Wildman–Crippen MR) is 79.5 cm³/mol. The molecule has 0 heterocycles. The molecule has 0 unspecified atom stereocenters. The number of phenols is 1. The molecule has 0 aliphatic carbocycles. The Morgan fingerprint density at radius 3 is 2.38 bits per heavy atom. The van der Waals surface area contributed by atoms with Crippen molar-refractivity contribution in [1.82, 2.24) is 0 Å². The summed E-state index contributed by atoms with van der Waals surface area (Å²) in [4.78, 5) is 0.119. The minimum Gasteiger partial charge on any atom is -0.508 e. The summed E-state index contributed by atoms with van der Waals surface area (Å²) >= 11 is 0. The lowest BCUT2D eigenvalue weighted by molar-refractivity contribution is 0.475. The molecule has 0 saturated heterocycles. The van der Waals surface area contributed by atoms with Crippen molar-refractivity contribution in [2.75, 3.05) is 4.72 Å². The van der Waals surface area contributed by atoms with Crippen LogP contribution in [0.25, 0.3) is 0 Å². The van der Waals surface area contributed by atoms with Crippen molar-refractivity contribution in [3.8, 4) is 11.8 Å². The largest absolute Gasteiger partial charge is 0.508 e. The van der Waals surface area contributed by atoms with Crippen LogP contribution in [0.3, 0.4) is 0 Å². The van der Waals surface area contributed by atoms with Crippen molar-refractivity contribution in [1.29, 1.82) is 5.26 Å². The first-order chi connectivity index (χ1) is 9.83. The van der Waals surface area contributed by atoms with Gasteiger partial charge in [-0.05, 0) is 61.4 Å². The molecule has 0 fully saturated rings. The molecule has 0 amide bonds. The smallest absolute Gasteiger partial charge is 0.262 e. The minimum absolute atomic E-state index is 0.0741. The van der Waals surface area contributed by atoms with Crippen molar-refractivity contribution < 1.29 is 13.5 Å². The molecular formula is C15H14N2O3S. The number of hydrogen-bond acceptors (Lipinski definition) is 4. The first-order valence-corrected chi connectivity index (χ1v) is 7.65. The van der Waals surface area contributed by atoms with Crippen molar-refractivity contribution in [3.63, 3.8) is 0 Å². The lowest BCUT2D eigenvalue weighted by atomic mass is 10.2. The molecule has 0 saturated carbocycles. The summed E-state index contributed by atoms with van der Waals surface area (Å²) < 4.78 is 27.3. The van der Waals surface area contributed by atoms with Gasteiger partial charge in [-0.2, -0.15) is 5.26 Å². The second-order valence-corrected chi connectivity index (χ2v) is 6.35. The van der Waals surface area contributed by atoms with Crippen LogP contribution in [0.15, 0.2) is 41.3 Å². The number of sulfonamides is 1. The molecular weight excluding hydrogens is 288 g/mol. The number of rotatable bonds is 3. The fourth-order valence-corrected chi connectivity index (χ4v) is 3.34. The van der Waals surface area contributed by atoms with E-state index in [1.807, 2.05) is 6.07 Å². The summed E-state index contributed by atoms with van der Waals surface area (Å²) in [6.07, 6.45) is 0. The molecule has 2 rings (SSSR count). The van der Waals surface area contributed by atoms with Gasteiger partial charge in [0.25, 0.3) is 10.0 Å². The van der Waals surface area contributed by atoms with Crippen LogP contribution in [0.1, 0.15) is 16.7 Å². The average molecular weight is 302 g/mol. The highest BCUT2D eigenvalue weighted by Gasteiger charge is 2.18. The van der Waals surface area contributed by atoms with E-state index in [-0.39, 0.29) is 10.6 Å². The van der Waals surface area contributed by atoms with Gasteiger partial charge in [-0.15, -0.1) is 0 Å². The molecule has 0 radical (unpaired) electrons. The van der Waals surface area contributed by atoms with Gasteiger partial charge in [0, 0.05) is 0 Å². The summed E-state index contributed by atoms with van der Waals surface area (Å²) in [6, 6.07) is 10.8. The molecule has 5 nitrogen and oxygen atoms in total. The fourth-order valence-electron chi connectivity index (χ4n) is 1.98. The Hall–Kier alpha value is -2.52. The number of nitrogens with one attached hydrogen (secondary N) is 1. The standard InChI is InChI=1S/C15H14N2O3S/c1-10-8-13(18)4-5-14(10)17-21(19,20)15-6-3-12(9-16)7-11(15)2/h3-8,17-18H,1-2H3. The number of hydrogen-bond donors (Lipinski definition) is 2. The van der Waals surface area contributed by atoms with Gasteiger partial charge in [-0.1, -0.05) is 0 Å². The van der Waals surface area contributed by atoms with Crippen LogP contribution in [0, 0.1) is 25.2 Å². The second kappa shape index (κ2) is 5.46. The summed E-state index contributed by atoms with van der Waals surface area (Å²) in [6.45, 7) is 3.34. The van der Waals surface area contributed by atoms with Crippen molar-refractivity contribution in [2.45, 2.75) is 18.7 Å². The van der Waals surface area contributed by atoms with Crippen molar-refractivity contribution >= 4 is 15.7 Å². The normalized spacial score (nSPS) is 10.9. The topological polar surface area (TPSA) is 90.2 Å². The molecule has 2 N–H and O–H groups in total. The zero-order valence-corrected chi connectivity index (χ0v) is 12.4. The maximum Gasteiger partial charge on any atom is 0.262 e. The highest BCUT2D eigenvalue weighted by atomic mass is 32.2. The number of nitrogens with zero attached hydrogens (tertiary/aromatic N) is 1. The predicted octanol–water partition coefficient (Wildman–Crippen LogP) is 2.68. The summed E-state index contributed by atoms with van der Waals surface area (Å²) in [5, 5.41) is 18.2. The van der Waals surface area contributed by atoms with E-state index in [4.69, 9.17) is 5.26 Å². The zero-order chi connectivity index (χ0) is 15.6. The monoisotopic (exact) mass is 302 g/mol. The molecule has 2 aromatic rings. The van der Waals surface area contributed by atoms with Crippen LogP contribution < -0.4 is 4.72 Å². The highest BCUT2D eigenvalue weighted by molar-refractivity contribution is 7.92. The Kier molecular flexibility index (Phi) is 3.87. The number of benzene rings is 2. The van der Waals surface area contributed by atoms with Gasteiger partial charge in [-0.25, -0.2) is 8.42 Å². The van der Waals surface area contributed by atoms with Gasteiger partial charge < -0.3 is 5.11 Å². The molecule has 0 spiro atoms. The van der Waals surface area contributed by atoms with Crippen molar-refractivity contribution in [2.24, 2.45) is 0 Å². The Morgan fingerprint density at radius 2 is 1.81 bits per heavy atom. The number of phenolic OH excluding ortho intramolecular Hbond substituents is 1. The first-order valence-electron chi connectivity index (χ1n) is 6.16. The van der Waals surface area contributed by atoms with E-state index in [0.29, 0.717) is 22.4 Å². The van der Waals surface area contributed by atoms with Gasteiger partial charge >= 0.3 is 0 Å². The van der Waals surface area contributed by atoms with Crippen LogP contribution >= 0.6 is 0 Å². The SMILES string of the molecule is Cc1cc(O)ccc1NS(=O)(=O)c1ccc(C#N)cc1C. The first kappa shape index (κ1) is 14.9. The third-order valence-electron chi connectivity index (χ3n) is 3.05. The molecule has 108 valence electrons. The third-order valence-corrected chi connectivity index (χ3v) is 4.57. The van der Waals surface area contributed by atoms with E-state index in [9.17, 15) is 13.5 Å².